The first-order valence-corrected chi connectivity index (χ1v) is 16.3. The third kappa shape index (κ3) is 7.41. The monoisotopic (exact) mass is 627 g/mol. The third-order valence-corrected chi connectivity index (χ3v) is 9.18. The molecule has 0 atom stereocenters. The highest BCUT2D eigenvalue weighted by atomic mass is 16.6. The number of benzene rings is 2. The fourth-order valence-electron chi connectivity index (χ4n) is 6.49. The largest absolute Gasteiger partial charge is 0.486 e. The smallest absolute Gasteiger partial charge is 0.410 e. The summed E-state index contributed by atoms with van der Waals surface area (Å²) in [5, 5.41) is 29.2. The van der Waals surface area contributed by atoms with Crippen LogP contribution in [0.15, 0.2) is 60.8 Å². The van der Waals surface area contributed by atoms with Crippen LogP contribution in [-0.4, -0.2) is 64.5 Å². The number of aromatic nitrogens is 6. The first-order chi connectivity index (χ1) is 22.1. The maximum absolute atomic E-state index is 12.5. The number of hydrogen-bond donors (Lipinski definition) is 1. The van der Waals surface area contributed by atoms with Crippen LogP contribution in [-0.2, 0) is 30.4 Å². The van der Waals surface area contributed by atoms with Crippen molar-refractivity contribution in [1.82, 2.24) is 34.7 Å². The molecule has 0 bridgehead atoms. The summed E-state index contributed by atoms with van der Waals surface area (Å²) in [5.74, 6) is 2.92. The Labute approximate surface area is 270 Å². The molecular weight excluding hydrogens is 582 g/mol. The van der Waals surface area contributed by atoms with Gasteiger partial charge in [0.2, 0.25) is 0 Å². The molecular formula is C35H45N7O4. The number of nitrogens with zero attached hydrogens (tertiary/aromatic N) is 7. The number of carbonyl (C=O) groups excluding carboxylic acids is 1. The van der Waals surface area contributed by atoms with Crippen molar-refractivity contribution in [1.29, 1.82) is 0 Å². The van der Waals surface area contributed by atoms with Crippen LogP contribution < -0.4 is 4.74 Å². The predicted octanol–water partition coefficient (Wildman–Crippen LogP) is 5.69. The van der Waals surface area contributed by atoms with Gasteiger partial charge in [-0.15, -0.1) is 15.3 Å². The molecule has 1 saturated carbocycles. The second-order valence-electron chi connectivity index (χ2n) is 13.7. The van der Waals surface area contributed by atoms with Crippen LogP contribution in [0, 0.1) is 0 Å². The van der Waals surface area contributed by atoms with Gasteiger partial charge in [-0.05, 0) is 89.0 Å². The van der Waals surface area contributed by atoms with E-state index in [-0.39, 0.29) is 12.1 Å². The highest BCUT2D eigenvalue weighted by Crippen LogP contribution is 2.38. The van der Waals surface area contributed by atoms with E-state index in [0.29, 0.717) is 44.1 Å². The minimum atomic E-state index is -1.10. The number of hydrogen-bond acceptors (Lipinski definition) is 8. The molecule has 1 aliphatic carbocycles. The fourth-order valence-corrected chi connectivity index (χ4v) is 6.49. The van der Waals surface area contributed by atoms with E-state index in [2.05, 4.69) is 61.5 Å². The number of ether oxygens (including phenoxy) is 2. The van der Waals surface area contributed by atoms with Gasteiger partial charge >= 0.3 is 6.09 Å². The van der Waals surface area contributed by atoms with Crippen molar-refractivity contribution in [2.75, 3.05) is 13.1 Å². The lowest BCUT2D eigenvalue weighted by Crippen LogP contribution is -2.47. The molecule has 2 aliphatic rings. The summed E-state index contributed by atoms with van der Waals surface area (Å²) in [5.41, 5.74) is 1.39. The average molecular weight is 628 g/mol. The zero-order valence-electron chi connectivity index (χ0n) is 27.3. The van der Waals surface area contributed by atoms with Gasteiger partial charge in [-0.1, -0.05) is 47.7 Å². The van der Waals surface area contributed by atoms with E-state index in [1.807, 2.05) is 56.9 Å². The van der Waals surface area contributed by atoms with Gasteiger partial charge in [-0.2, -0.15) is 0 Å². The van der Waals surface area contributed by atoms with Crippen LogP contribution in [0.2, 0.25) is 0 Å². The molecule has 0 spiro atoms. The zero-order valence-corrected chi connectivity index (χ0v) is 27.3. The van der Waals surface area contributed by atoms with E-state index in [1.54, 1.807) is 4.90 Å². The van der Waals surface area contributed by atoms with E-state index in [9.17, 15) is 9.90 Å². The molecule has 244 valence electrons. The normalized spacial score (nSPS) is 20.0. The van der Waals surface area contributed by atoms with Crippen LogP contribution in [0.3, 0.4) is 0 Å². The van der Waals surface area contributed by atoms with Gasteiger partial charge in [0.1, 0.15) is 35.1 Å². The van der Waals surface area contributed by atoms with Crippen molar-refractivity contribution in [3.63, 3.8) is 0 Å². The molecule has 2 aromatic carbocycles. The van der Waals surface area contributed by atoms with E-state index >= 15 is 0 Å². The Kier molecular flexibility index (Phi) is 9.13. The lowest BCUT2D eigenvalue weighted by atomic mass is 9.85. The molecule has 11 nitrogen and oxygen atoms in total. The van der Waals surface area contributed by atoms with Gasteiger partial charge < -0.3 is 24.0 Å². The Bertz CT molecular complexity index is 1610. The standard InChI is InChI=1S/C35H45N7O4/c1-34(2,3)46-33(43)41-19-17-35(44,18-20-41)30-23-42(39-36-30)28-15-13-27(14-16-28)32-38-37-31(40(32)4)24-45-29-12-8-11-26(22-29)21-25-9-6-5-7-10-25/h5-12,22-23,27-28,44H,13-21,24H2,1-4H3/t27-,28-. The summed E-state index contributed by atoms with van der Waals surface area (Å²) >= 11 is 0. The van der Waals surface area contributed by atoms with Crippen molar-refractivity contribution in [3.8, 4) is 5.75 Å². The summed E-state index contributed by atoms with van der Waals surface area (Å²) in [6.07, 6.45) is 7.00. The summed E-state index contributed by atoms with van der Waals surface area (Å²) in [4.78, 5) is 14.1. The van der Waals surface area contributed by atoms with Gasteiger partial charge in [-0.25, -0.2) is 9.48 Å². The van der Waals surface area contributed by atoms with Crippen molar-refractivity contribution in [2.45, 2.75) is 95.5 Å². The van der Waals surface area contributed by atoms with Gasteiger partial charge in [0, 0.05) is 26.1 Å². The van der Waals surface area contributed by atoms with E-state index in [1.165, 1.54) is 11.1 Å². The number of likely N-dealkylation sites (tertiary alicyclic amines) is 1. The van der Waals surface area contributed by atoms with Gasteiger partial charge in [0.15, 0.2) is 5.82 Å². The average Bonchev–Trinajstić information content (AvgIpc) is 3.68. The minimum Gasteiger partial charge on any atom is -0.486 e. The van der Waals surface area contributed by atoms with Crippen LogP contribution in [0.4, 0.5) is 4.79 Å². The molecule has 1 aliphatic heterocycles. The Morgan fingerprint density at radius 1 is 0.957 bits per heavy atom. The lowest BCUT2D eigenvalue weighted by molar-refractivity contribution is -0.0382. The Balaban J connectivity index is 1.00. The Hall–Kier alpha value is -4.25. The SMILES string of the molecule is Cn1c(COc2cccc(Cc3ccccc3)c2)nnc1[C@H]1CC[C@H](n2cc(C3(O)CCN(C(=O)OC(C)(C)C)CC3)nn2)CC1. The quantitative estimate of drug-likeness (QED) is 0.264. The number of amides is 1. The molecule has 3 heterocycles. The highest BCUT2D eigenvalue weighted by molar-refractivity contribution is 5.68. The van der Waals surface area contributed by atoms with Crippen LogP contribution in [0.1, 0.15) is 99.7 Å². The molecule has 11 heteroatoms. The maximum Gasteiger partial charge on any atom is 0.410 e. The van der Waals surface area contributed by atoms with E-state index in [4.69, 9.17) is 9.47 Å². The van der Waals surface area contributed by atoms with Crippen molar-refractivity contribution in [2.24, 2.45) is 7.05 Å². The maximum atomic E-state index is 12.5. The first-order valence-electron chi connectivity index (χ1n) is 16.3. The van der Waals surface area contributed by atoms with E-state index < -0.39 is 11.2 Å². The Morgan fingerprint density at radius 3 is 2.39 bits per heavy atom. The minimum absolute atomic E-state index is 0.210. The molecule has 6 rings (SSSR count). The molecule has 2 aromatic heterocycles. The zero-order chi connectivity index (χ0) is 32.3. The number of carbonyl (C=O) groups is 1. The van der Waals surface area contributed by atoms with Crippen molar-refractivity contribution in [3.05, 3.63) is 89.3 Å². The fraction of sp³-hybridized carbons (Fsp3) is 0.514. The number of piperidine rings is 1. The summed E-state index contributed by atoms with van der Waals surface area (Å²) < 4.78 is 15.6. The van der Waals surface area contributed by atoms with Gasteiger partial charge in [0.25, 0.3) is 0 Å². The van der Waals surface area contributed by atoms with Gasteiger partial charge in [0.05, 0.1) is 12.2 Å². The second-order valence-corrected chi connectivity index (χ2v) is 13.7. The lowest BCUT2D eigenvalue weighted by Gasteiger charge is -2.37. The molecule has 46 heavy (non-hydrogen) atoms. The van der Waals surface area contributed by atoms with Crippen molar-refractivity contribution < 1.29 is 19.4 Å². The molecule has 0 radical (unpaired) electrons. The highest BCUT2D eigenvalue weighted by Gasteiger charge is 2.39. The molecule has 0 unspecified atom stereocenters. The van der Waals surface area contributed by atoms with Crippen LogP contribution in [0.5, 0.6) is 5.75 Å². The molecule has 4 aromatic rings. The number of aliphatic hydroxyl groups is 1. The third-order valence-electron chi connectivity index (χ3n) is 9.18. The predicted molar refractivity (Wildman–Crippen MR) is 172 cm³/mol. The molecule has 1 saturated heterocycles. The molecule has 1 N–H and O–H groups in total. The summed E-state index contributed by atoms with van der Waals surface area (Å²) in [6.45, 7) is 6.74. The summed E-state index contributed by atoms with van der Waals surface area (Å²) in [6, 6.07) is 18.9. The Morgan fingerprint density at radius 2 is 1.67 bits per heavy atom. The van der Waals surface area contributed by atoms with Crippen LogP contribution >= 0.6 is 0 Å². The molecule has 2 fully saturated rings. The van der Waals surface area contributed by atoms with Crippen LogP contribution in [0.25, 0.3) is 0 Å². The molecule has 1 amide bonds. The second kappa shape index (κ2) is 13.2. The number of rotatable bonds is 8. The first kappa shape index (κ1) is 31.7. The topological polar surface area (TPSA) is 120 Å². The van der Waals surface area contributed by atoms with Gasteiger partial charge in [-0.3, -0.25) is 0 Å². The summed E-state index contributed by atoms with van der Waals surface area (Å²) in [7, 11) is 2.02. The van der Waals surface area contributed by atoms with Crippen molar-refractivity contribution >= 4 is 6.09 Å². The van der Waals surface area contributed by atoms with E-state index in [0.717, 1.165) is 49.5 Å².